The lowest BCUT2D eigenvalue weighted by Crippen LogP contribution is -2.25. The Kier molecular flexibility index (Phi) is 6.60. The molecule has 0 spiro atoms. The van der Waals surface area contributed by atoms with Crippen molar-refractivity contribution in [2.45, 2.75) is 19.8 Å². The van der Waals surface area contributed by atoms with Crippen LogP contribution in [0.3, 0.4) is 0 Å². The highest BCUT2D eigenvalue weighted by molar-refractivity contribution is 7.98. The second kappa shape index (κ2) is 8.00. The lowest BCUT2D eigenvalue weighted by atomic mass is 10.1. The molecule has 1 aromatic carbocycles. The molecule has 0 fully saturated rings. The molecule has 1 amide bonds. The van der Waals surface area contributed by atoms with E-state index >= 15 is 0 Å². The number of carbonyl (C=O) groups is 1. The standard InChI is InChI=1S/C13H21N3OS/c1-10-9-11(16-14)5-6-12(10)13(17)15-7-3-4-8-18-2/h5-6,9,16H,3-4,7-8,14H2,1-2H3,(H,15,17). The fraction of sp³-hybridized carbons (Fsp3) is 0.462. The van der Waals surface area contributed by atoms with E-state index in [4.69, 9.17) is 5.84 Å². The lowest BCUT2D eigenvalue weighted by Gasteiger charge is -2.09. The molecular weight excluding hydrogens is 246 g/mol. The first-order valence-corrected chi connectivity index (χ1v) is 7.43. The molecule has 0 heterocycles. The minimum atomic E-state index is -0.0137. The number of nitrogens with one attached hydrogen (secondary N) is 2. The van der Waals surface area contributed by atoms with E-state index in [9.17, 15) is 4.79 Å². The SMILES string of the molecule is CSCCCCNC(=O)c1ccc(NN)cc1C. The maximum Gasteiger partial charge on any atom is 0.251 e. The summed E-state index contributed by atoms with van der Waals surface area (Å²) in [6.45, 7) is 2.64. The summed E-state index contributed by atoms with van der Waals surface area (Å²) in [6.07, 6.45) is 4.25. The quantitative estimate of drug-likeness (QED) is 0.402. The van der Waals surface area contributed by atoms with Crippen LogP contribution in [0.2, 0.25) is 0 Å². The molecule has 0 aliphatic heterocycles. The number of unbranched alkanes of at least 4 members (excludes halogenated alkanes) is 1. The van der Waals surface area contributed by atoms with Crippen LogP contribution in [0.5, 0.6) is 0 Å². The summed E-state index contributed by atoms with van der Waals surface area (Å²) in [7, 11) is 0. The van der Waals surface area contributed by atoms with Crippen LogP contribution in [0.4, 0.5) is 5.69 Å². The Balaban J connectivity index is 2.46. The average Bonchev–Trinajstić information content (AvgIpc) is 2.38. The average molecular weight is 267 g/mol. The van der Waals surface area contributed by atoms with Crippen molar-refractivity contribution in [1.82, 2.24) is 5.32 Å². The van der Waals surface area contributed by atoms with Crippen LogP contribution in [0.1, 0.15) is 28.8 Å². The van der Waals surface area contributed by atoms with Gasteiger partial charge in [-0.1, -0.05) is 0 Å². The Labute approximate surface area is 113 Å². The van der Waals surface area contributed by atoms with Crippen LogP contribution >= 0.6 is 11.8 Å². The normalized spacial score (nSPS) is 10.2. The number of hydrogen-bond acceptors (Lipinski definition) is 4. The molecule has 1 aromatic rings. The van der Waals surface area contributed by atoms with Gasteiger partial charge in [0.1, 0.15) is 0 Å². The van der Waals surface area contributed by atoms with Crippen LogP contribution in [0.15, 0.2) is 18.2 Å². The van der Waals surface area contributed by atoms with E-state index in [1.165, 1.54) is 0 Å². The first-order valence-electron chi connectivity index (χ1n) is 6.03. The monoisotopic (exact) mass is 267 g/mol. The topological polar surface area (TPSA) is 67.2 Å². The Morgan fingerprint density at radius 1 is 1.39 bits per heavy atom. The molecule has 18 heavy (non-hydrogen) atoms. The van der Waals surface area contributed by atoms with Crippen molar-refractivity contribution < 1.29 is 4.79 Å². The predicted molar refractivity (Wildman–Crippen MR) is 78.9 cm³/mol. The molecule has 0 unspecified atom stereocenters. The maximum absolute atomic E-state index is 11.9. The third-order valence-electron chi connectivity index (χ3n) is 2.70. The van der Waals surface area contributed by atoms with E-state index in [2.05, 4.69) is 17.0 Å². The summed E-state index contributed by atoms with van der Waals surface area (Å²) in [5, 5.41) is 2.94. The number of carbonyl (C=O) groups excluding carboxylic acids is 1. The predicted octanol–water partition coefficient (Wildman–Crippen LogP) is 2.15. The smallest absolute Gasteiger partial charge is 0.251 e. The molecule has 0 radical (unpaired) electrons. The minimum Gasteiger partial charge on any atom is -0.352 e. The Hall–Kier alpha value is -1.20. The zero-order chi connectivity index (χ0) is 13.4. The van der Waals surface area contributed by atoms with Crippen molar-refractivity contribution in [1.29, 1.82) is 0 Å². The van der Waals surface area contributed by atoms with E-state index in [0.717, 1.165) is 36.4 Å². The van der Waals surface area contributed by atoms with E-state index in [1.54, 1.807) is 12.1 Å². The fourth-order valence-electron chi connectivity index (χ4n) is 1.68. The van der Waals surface area contributed by atoms with Gasteiger partial charge in [0.2, 0.25) is 0 Å². The Morgan fingerprint density at radius 3 is 2.78 bits per heavy atom. The summed E-state index contributed by atoms with van der Waals surface area (Å²) in [4.78, 5) is 11.9. The fourth-order valence-corrected chi connectivity index (χ4v) is 2.17. The number of thioether (sulfide) groups is 1. The van der Waals surface area contributed by atoms with Gasteiger partial charge in [0, 0.05) is 17.8 Å². The van der Waals surface area contributed by atoms with Gasteiger partial charge in [0.25, 0.3) is 5.91 Å². The molecule has 0 aliphatic carbocycles. The number of aryl methyl sites for hydroxylation is 1. The molecule has 0 bridgehead atoms. The third-order valence-corrected chi connectivity index (χ3v) is 3.40. The molecule has 4 N–H and O–H groups in total. The summed E-state index contributed by atoms with van der Waals surface area (Å²) < 4.78 is 0. The van der Waals surface area contributed by atoms with E-state index < -0.39 is 0 Å². The van der Waals surface area contributed by atoms with E-state index in [1.807, 2.05) is 24.8 Å². The molecular formula is C13H21N3OS. The number of amides is 1. The van der Waals surface area contributed by atoms with Crippen molar-refractivity contribution >= 4 is 23.4 Å². The summed E-state index contributed by atoms with van der Waals surface area (Å²) >= 11 is 1.83. The van der Waals surface area contributed by atoms with E-state index in [0.29, 0.717) is 5.56 Å². The van der Waals surface area contributed by atoms with Crippen molar-refractivity contribution in [2.75, 3.05) is 24.0 Å². The number of hydrogen-bond donors (Lipinski definition) is 3. The zero-order valence-electron chi connectivity index (χ0n) is 11.0. The molecule has 5 heteroatoms. The maximum atomic E-state index is 11.9. The van der Waals surface area contributed by atoms with Crippen LogP contribution in [0, 0.1) is 6.92 Å². The highest BCUT2D eigenvalue weighted by atomic mass is 32.2. The summed E-state index contributed by atoms with van der Waals surface area (Å²) in [5.74, 6) is 6.45. The van der Waals surface area contributed by atoms with Gasteiger partial charge in [0.05, 0.1) is 0 Å². The van der Waals surface area contributed by atoms with Gasteiger partial charge in [-0.15, -0.1) is 0 Å². The number of hydrazine groups is 1. The van der Waals surface area contributed by atoms with Gasteiger partial charge in [0.15, 0.2) is 0 Å². The van der Waals surface area contributed by atoms with Crippen molar-refractivity contribution in [3.63, 3.8) is 0 Å². The molecule has 0 saturated heterocycles. The third kappa shape index (κ3) is 4.58. The molecule has 0 aromatic heterocycles. The highest BCUT2D eigenvalue weighted by Crippen LogP contribution is 2.14. The number of nitrogens with two attached hydrogens (primary N) is 1. The van der Waals surface area contributed by atoms with Crippen LogP contribution in [0.25, 0.3) is 0 Å². The second-order valence-corrected chi connectivity index (χ2v) is 5.12. The molecule has 100 valence electrons. The van der Waals surface area contributed by atoms with Gasteiger partial charge >= 0.3 is 0 Å². The van der Waals surface area contributed by atoms with Crippen LogP contribution < -0.4 is 16.6 Å². The molecule has 0 saturated carbocycles. The van der Waals surface area contributed by atoms with Gasteiger partial charge in [-0.05, 0) is 55.5 Å². The van der Waals surface area contributed by atoms with Gasteiger partial charge in [-0.3, -0.25) is 10.6 Å². The zero-order valence-corrected chi connectivity index (χ0v) is 11.8. The van der Waals surface area contributed by atoms with Gasteiger partial charge in [-0.2, -0.15) is 11.8 Å². The molecule has 0 atom stereocenters. The highest BCUT2D eigenvalue weighted by Gasteiger charge is 2.08. The molecule has 0 aliphatic rings. The molecule has 4 nitrogen and oxygen atoms in total. The minimum absolute atomic E-state index is 0.0137. The van der Waals surface area contributed by atoms with E-state index in [-0.39, 0.29) is 5.91 Å². The van der Waals surface area contributed by atoms with Crippen molar-refractivity contribution in [2.24, 2.45) is 5.84 Å². The largest absolute Gasteiger partial charge is 0.352 e. The van der Waals surface area contributed by atoms with Crippen molar-refractivity contribution in [3.8, 4) is 0 Å². The Morgan fingerprint density at radius 2 is 2.17 bits per heavy atom. The first-order chi connectivity index (χ1) is 8.69. The van der Waals surface area contributed by atoms with Gasteiger partial charge < -0.3 is 10.7 Å². The summed E-state index contributed by atoms with van der Waals surface area (Å²) in [5.41, 5.74) is 5.01. The number of nitrogen functional groups attached to an aromatic ring is 1. The Bertz CT molecular complexity index is 396. The number of anilines is 1. The first kappa shape index (κ1) is 14.9. The van der Waals surface area contributed by atoms with Crippen LogP contribution in [-0.2, 0) is 0 Å². The van der Waals surface area contributed by atoms with Crippen molar-refractivity contribution in [3.05, 3.63) is 29.3 Å². The second-order valence-electron chi connectivity index (χ2n) is 4.13. The lowest BCUT2D eigenvalue weighted by molar-refractivity contribution is 0.0952. The summed E-state index contributed by atoms with van der Waals surface area (Å²) in [6, 6.07) is 5.46. The van der Waals surface area contributed by atoms with Gasteiger partial charge in [-0.25, -0.2) is 0 Å². The number of benzene rings is 1. The van der Waals surface area contributed by atoms with Crippen LogP contribution in [-0.4, -0.2) is 24.5 Å². The molecule has 1 rings (SSSR count). The number of rotatable bonds is 7.